The van der Waals surface area contributed by atoms with Crippen LogP contribution in [0.25, 0.3) is 11.1 Å². The second-order valence-electron chi connectivity index (χ2n) is 4.18. The van der Waals surface area contributed by atoms with Gasteiger partial charge in [-0.2, -0.15) is 13.2 Å². The monoisotopic (exact) mass is 304 g/mol. The van der Waals surface area contributed by atoms with Crippen LogP contribution in [0.1, 0.15) is 5.69 Å². The van der Waals surface area contributed by atoms with E-state index in [1.54, 1.807) is 0 Å². The average molecular weight is 305 g/mol. The molecule has 0 aliphatic carbocycles. The van der Waals surface area contributed by atoms with Crippen molar-refractivity contribution in [2.24, 2.45) is 0 Å². The minimum atomic E-state index is -4.32. The number of nitrogen functional groups attached to an aromatic ring is 1. The van der Waals surface area contributed by atoms with Gasteiger partial charge in [-0.05, 0) is 18.2 Å². The fourth-order valence-corrected chi connectivity index (χ4v) is 1.96. The summed E-state index contributed by atoms with van der Waals surface area (Å²) in [5, 5.41) is 0.203. The highest BCUT2D eigenvalue weighted by atomic mass is 35.5. The van der Waals surface area contributed by atoms with E-state index in [9.17, 15) is 17.6 Å². The van der Waals surface area contributed by atoms with Crippen molar-refractivity contribution in [3.8, 4) is 11.1 Å². The first kappa shape index (κ1) is 14.6. The van der Waals surface area contributed by atoms with Crippen LogP contribution in [0.5, 0.6) is 0 Å². The lowest BCUT2D eigenvalue weighted by Gasteiger charge is -2.08. The number of benzene rings is 1. The van der Waals surface area contributed by atoms with E-state index in [0.29, 0.717) is 11.1 Å². The molecule has 0 saturated heterocycles. The normalized spacial score (nSPS) is 11.7. The summed E-state index contributed by atoms with van der Waals surface area (Å²) in [5.41, 5.74) is 5.89. The molecule has 0 aliphatic heterocycles. The van der Waals surface area contributed by atoms with Crippen molar-refractivity contribution in [1.82, 2.24) is 4.98 Å². The molecule has 0 radical (unpaired) electrons. The first-order valence-electron chi connectivity index (χ1n) is 5.53. The molecule has 1 heterocycles. The Bertz CT molecular complexity index is 624. The molecule has 1 aromatic carbocycles. The van der Waals surface area contributed by atoms with Crippen molar-refractivity contribution < 1.29 is 17.6 Å². The Morgan fingerprint density at radius 1 is 1.20 bits per heavy atom. The molecule has 20 heavy (non-hydrogen) atoms. The maximum atomic E-state index is 13.4. The molecule has 0 atom stereocenters. The zero-order valence-electron chi connectivity index (χ0n) is 10.0. The zero-order chi connectivity index (χ0) is 14.9. The molecule has 2 N–H and O–H groups in total. The number of pyridine rings is 1. The third kappa shape index (κ3) is 3.39. The quantitative estimate of drug-likeness (QED) is 0.666. The lowest BCUT2D eigenvalue weighted by atomic mass is 10.1. The Balaban J connectivity index is 2.33. The lowest BCUT2D eigenvalue weighted by Crippen LogP contribution is -2.12. The van der Waals surface area contributed by atoms with Crippen LogP contribution in [-0.4, -0.2) is 11.2 Å². The molecule has 0 spiro atoms. The van der Waals surface area contributed by atoms with E-state index in [4.69, 9.17) is 17.3 Å². The molecule has 0 bridgehead atoms. The van der Waals surface area contributed by atoms with Gasteiger partial charge in [0.15, 0.2) is 0 Å². The van der Waals surface area contributed by atoms with Crippen molar-refractivity contribution >= 4 is 17.3 Å². The number of aromatic nitrogens is 1. The van der Waals surface area contributed by atoms with Gasteiger partial charge in [0.05, 0.1) is 17.1 Å². The fourth-order valence-electron chi connectivity index (χ4n) is 1.68. The van der Waals surface area contributed by atoms with Crippen LogP contribution in [0.3, 0.4) is 0 Å². The van der Waals surface area contributed by atoms with Crippen molar-refractivity contribution in [2.45, 2.75) is 12.6 Å². The van der Waals surface area contributed by atoms with Gasteiger partial charge in [-0.15, -0.1) is 0 Å². The molecule has 0 unspecified atom stereocenters. The number of nitrogens with zero attached hydrogens (tertiary/aromatic N) is 1. The number of hydrogen-bond acceptors (Lipinski definition) is 2. The summed E-state index contributed by atoms with van der Waals surface area (Å²) in [6.07, 6.45) is -4.21. The second-order valence-corrected chi connectivity index (χ2v) is 4.59. The Labute approximate surface area is 117 Å². The molecule has 0 amide bonds. The van der Waals surface area contributed by atoms with Gasteiger partial charge in [0.1, 0.15) is 5.82 Å². The van der Waals surface area contributed by atoms with Crippen LogP contribution in [-0.2, 0) is 6.42 Å². The SMILES string of the molecule is Nc1cc(Cl)c(-c2ccc(CC(F)(F)F)nc2)cc1F. The largest absolute Gasteiger partial charge is 0.396 e. The van der Waals surface area contributed by atoms with Crippen molar-refractivity contribution in [1.29, 1.82) is 0 Å². The third-order valence-electron chi connectivity index (χ3n) is 2.60. The zero-order valence-corrected chi connectivity index (χ0v) is 10.8. The summed E-state index contributed by atoms with van der Waals surface area (Å²) >= 11 is 5.93. The lowest BCUT2D eigenvalue weighted by molar-refractivity contribution is -0.127. The van der Waals surface area contributed by atoms with Gasteiger partial charge in [-0.25, -0.2) is 4.39 Å². The fraction of sp³-hybridized carbons (Fsp3) is 0.154. The Morgan fingerprint density at radius 2 is 1.90 bits per heavy atom. The van der Waals surface area contributed by atoms with Crippen molar-refractivity contribution in [3.05, 3.63) is 47.0 Å². The first-order valence-corrected chi connectivity index (χ1v) is 5.90. The maximum Gasteiger partial charge on any atom is 0.394 e. The number of nitrogens with two attached hydrogens (primary N) is 1. The van der Waals surface area contributed by atoms with Crippen LogP contribution in [0.15, 0.2) is 30.5 Å². The molecular formula is C13H9ClF4N2. The Kier molecular flexibility index (Phi) is 3.85. The number of halogens is 5. The standard InChI is InChI=1S/C13H9ClF4N2/c14-10-4-12(19)11(15)3-9(10)7-1-2-8(20-6-7)5-13(16,17)18/h1-4,6H,5,19H2. The van der Waals surface area contributed by atoms with Gasteiger partial charge in [0, 0.05) is 23.0 Å². The average Bonchev–Trinajstić information content (AvgIpc) is 2.33. The van der Waals surface area contributed by atoms with E-state index in [1.165, 1.54) is 24.4 Å². The smallest absolute Gasteiger partial charge is 0.394 e. The van der Waals surface area contributed by atoms with E-state index in [0.717, 1.165) is 6.07 Å². The summed E-state index contributed by atoms with van der Waals surface area (Å²) in [6.45, 7) is 0. The molecule has 7 heteroatoms. The van der Waals surface area contributed by atoms with Gasteiger partial charge in [-0.1, -0.05) is 17.7 Å². The highest BCUT2D eigenvalue weighted by molar-refractivity contribution is 6.33. The van der Waals surface area contributed by atoms with E-state index in [1.807, 2.05) is 0 Å². The summed E-state index contributed by atoms with van der Waals surface area (Å²) in [4.78, 5) is 3.70. The second kappa shape index (κ2) is 5.28. The third-order valence-corrected chi connectivity index (χ3v) is 2.92. The summed E-state index contributed by atoms with van der Waals surface area (Å²) in [6, 6.07) is 5.01. The van der Waals surface area contributed by atoms with E-state index in [2.05, 4.69) is 4.98 Å². The number of rotatable bonds is 2. The molecular weight excluding hydrogens is 296 g/mol. The predicted octanol–water partition coefficient (Wildman–Crippen LogP) is 4.23. The highest BCUT2D eigenvalue weighted by Crippen LogP contribution is 2.31. The van der Waals surface area contributed by atoms with Gasteiger partial charge >= 0.3 is 6.18 Å². The van der Waals surface area contributed by atoms with E-state index < -0.39 is 18.4 Å². The topological polar surface area (TPSA) is 38.9 Å². The van der Waals surface area contributed by atoms with Gasteiger partial charge in [0.25, 0.3) is 0 Å². The van der Waals surface area contributed by atoms with Crippen molar-refractivity contribution in [2.75, 3.05) is 5.73 Å². The molecule has 2 aromatic rings. The maximum absolute atomic E-state index is 13.4. The van der Waals surface area contributed by atoms with E-state index in [-0.39, 0.29) is 16.4 Å². The van der Waals surface area contributed by atoms with Crippen LogP contribution >= 0.6 is 11.6 Å². The van der Waals surface area contributed by atoms with E-state index >= 15 is 0 Å². The summed E-state index contributed by atoms with van der Waals surface area (Å²) in [7, 11) is 0. The van der Waals surface area contributed by atoms with Crippen LogP contribution < -0.4 is 5.73 Å². The van der Waals surface area contributed by atoms with Gasteiger partial charge in [0.2, 0.25) is 0 Å². The molecule has 106 valence electrons. The summed E-state index contributed by atoms with van der Waals surface area (Å²) in [5.74, 6) is -0.649. The van der Waals surface area contributed by atoms with Crippen LogP contribution in [0.4, 0.5) is 23.2 Å². The minimum Gasteiger partial charge on any atom is -0.396 e. The minimum absolute atomic E-state index is 0.0969. The number of alkyl halides is 3. The van der Waals surface area contributed by atoms with Crippen LogP contribution in [0.2, 0.25) is 5.02 Å². The van der Waals surface area contributed by atoms with Gasteiger partial charge in [-0.3, -0.25) is 4.98 Å². The first-order chi connectivity index (χ1) is 9.26. The summed E-state index contributed by atoms with van der Waals surface area (Å²) < 4.78 is 50.0. The number of anilines is 1. The van der Waals surface area contributed by atoms with Crippen LogP contribution in [0, 0.1) is 5.82 Å². The molecule has 2 rings (SSSR count). The van der Waals surface area contributed by atoms with Gasteiger partial charge < -0.3 is 5.73 Å². The Morgan fingerprint density at radius 3 is 2.45 bits per heavy atom. The Hall–Kier alpha value is -1.82. The molecule has 0 aliphatic rings. The predicted molar refractivity (Wildman–Crippen MR) is 68.8 cm³/mol. The molecule has 2 nitrogen and oxygen atoms in total. The van der Waals surface area contributed by atoms with Crippen molar-refractivity contribution in [3.63, 3.8) is 0 Å². The highest BCUT2D eigenvalue weighted by Gasteiger charge is 2.28. The molecule has 0 saturated carbocycles. The molecule has 1 aromatic heterocycles. The number of hydrogen-bond donors (Lipinski definition) is 1. The molecule has 0 fully saturated rings.